The van der Waals surface area contributed by atoms with E-state index in [2.05, 4.69) is 4.72 Å². The first-order chi connectivity index (χ1) is 11.9. The van der Waals surface area contributed by atoms with Crippen LogP contribution in [0.4, 0.5) is 5.69 Å². The zero-order valence-corrected chi connectivity index (χ0v) is 15.2. The second kappa shape index (κ2) is 6.40. The Bertz CT molecular complexity index is 1070. The molecule has 3 aromatic rings. The lowest BCUT2D eigenvalue weighted by Gasteiger charge is -2.15. The molecule has 3 rings (SSSR count). The molecule has 0 saturated carbocycles. The van der Waals surface area contributed by atoms with Crippen LogP contribution in [0.2, 0.25) is 0 Å². The molecule has 1 aromatic heterocycles. The van der Waals surface area contributed by atoms with E-state index in [0.29, 0.717) is 11.2 Å². The maximum absolute atomic E-state index is 12.8. The highest BCUT2D eigenvalue weighted by molar-refractivity contribution is 7.92. The molecule has 0 saturated heterocycles. The lowest BCUT2D eigenvalue weighted by molar-refractivity contribution is 0.527. The Morgan fingerprint density at radius 2 is 1.72 bits per heavy atom. The fourth-order valence-electron chi connectivity index (χ4n) is 2.85. The number of nitrogens with one attached hydrogen (secondary N) is 1. The number of fused-ring (bicyclic) bond motifs is 1. The minimum absolute atomic E-state index is 0.0577. The number of oxazole rings is 1. The zero-order chi connectivity index (χ0) is 18.2. The number of para-hydroxylation sites is 1. The van der Waals surface area contributed by atoms with Crippen molar-refractivity contribution >= 4 is 26.8 Å². The molecule has 0 fully saturated rings. The van der Waals surface area contributed by atoms with Gasteiger partial charge in [-0.15, -0.1) is 0 Å². The molecule has 7 heteroatoms. The number of hydrogen-bond donors (Lipinski definition) is 1. The predicted octanol–water partition coefficient (Wildman–Crippen LogP) is 3.06. The molecule has 0 radical (unpaired) electrons. The van der Waals surface area contributed by atoms with Crippen LogP contribution < -0.4 is 10.5 Å². The Labute approximate surface area is 146 Å². The van der Waals surface area contributed by atoms with Gasteiger partial charge in [-0.25, -0.2) is 13.2 Å². The minimum atomic E-state index is -3.79. The number of nitrogens with zero attached hydrogens (tertiary/aromatic N) is 1. The van der Waals surface area contributed by atoms with E-state index in [1.54, 1.807) is 13.1 Å². The molecule has 0 aliphatic carbocycles. The van der Waals surface area contributed by atoms with Gasteiger partial charge in [0.05, 0.1) is 16.1 Å². The fraction of sp³-hybridized carbons (Fsp3) is 0.278. The van der Waals surface area contributed by atoms with Crippen LogP contribution in [0.15, 0.2) is 50.5 Å². The number of anilines is 1. The van der Waals surface area contributed by atoms with Crippen molar-refractivity contribution in [3.05, 3.63) is 58.1 Å². The summed E-state index contributed by atoms with van der Waals surface area (Å²) in [5.41, 5.74) is 3.30. The third-order valence-electron chi connectivity index (χ3n) is 4.31. The molecule has 132 valence electrons. The van der Waals surface area contributed by atoms with Crippen molar-refractivity contribution in [1.29, 1.82) is 0 Å². The summed E-state index contributed by atoms with van der Waals surface area (Å²) in [6.07, 6.45) is 1.44. The average molecular weight is 360 g/mol. The van der Waals surface area contributed by atoms with E-state index in [-0.39, 0.29) is 10.5 Å². The van der Waals surface area contributed by atoms with Crippen LogP contribution in [0.5, 0.6) is 0 Å². The highest BCUT2D eigenvalue weighted by atomic mass is 32.2. The normalized spacial score (nSPS) is 11.8. The van der Waals surface area contributed by atoms with Gasteiger partial charge in [0, 0.05) is 13.1 Å². The van der Waals surface area contributed by atoms with Gasteiger partial charge in [-0.05, 0) is 36.1 Å². The molecule has 1 N–H and O–H groups in total. The van der Waals surface area contributed by atoms with E-state index in [0.717, 1.165) is 24.0 Å². The molecule has 0 unspecified atom stereocenters. The molecule has 0 aliphatic rings. The van der Waals surface area contributed by atoms with Gasteiger partial charge in [0.2, 0.25) is 0 Å². The zero-order valence-electron chi connectivity index (χ0n) is 14.4. The monoisotopic (exact) mass is 360 g/mol. The standard InChI is InChI=1S/C18H20N2O4S/c1-4-12-7-6-8-13(5-2)17(12)19-25(22,23)14-9-10-15-16(11-14)24-18(21)20(15)3/h6-11,19H,4-5H2,1-3H3. The van der Waals surface area contributed by atoms with Crippen molar-refractivity contribution in [3.63, 3.8) is 0 Å². The first kappa shape index (κ1) is 17.3. The van der Waals surface area contributed by atoms with Gasteiger partial charge < -0.3 is 4.42 Å². The van der Waals surface area contributed by atoms with Gasteiger partial charge in [0.1, 0.15) is 0 Å². The Kier molecular flexibility index (Phi) is 4.43. The number of aryl methyl sites for hydroxylation is 3. The summed E-state index contributed by atoms with van der Waals surface area (Å²) in [6, 6.07) is 10.2. The van der Waals surface area contributed by atoms with Gasteiger partial charge in [-0.2, -0.15) is 0 Å². The van der Waals surface area contributed by atoms with E-state index >= 15 is 0 Å². The fourth-order valence-corrected chi connectivity index (χ4v) is 4.01. The van der Waals surface area contributed by atoms with Gasteiger partial charge in [0.15, 0.2) is 5.58 Å². The second-order valence-corrected chi connectivity index (χ2v) is 7.50. The smallest absolute Gasteiger partial charge is 0.408 e. The molecule has 0 atom stereocenters. The third-order valence-corrected chi connectivity index (χ3v) is 5.66. The van der Waals surface area contributed by atoms with E-state index < -0.39 is 15.8 Å². The van der Waals surface area contributed by atoms with Crippen molar-refractivity contribution in [2.24, 2.45) is 7.05 Å². The Morgan fingerprint density at radius 1 is 1.08 bits per heavy atom. The Morgan fingerprint density at radius 3 is 2.32 bits per heavy atom. The quantitative estimate of drug-likeness (QED) is 0.758. The lowest BCUT2D eigenvalue weighted by atomic mass is 10.0. The van der Waals surface area contributed by atoms with Crippen LogP contribution in [0.25, 0.3) is 11.1 Å². The predicted molar refractivity (Wildman–Crippen MR) is 97.5 cm³/mol. The minimum Gasteiger partial charge on any atom is -0.408 e. The van der Waals surface area contributed by atoms with Gasteiger partial charge in [0.25, 0.3) is 10.0 Å². The van der Waals surface area contributed by atoms with Crippen LogP contribution in [0.3, 0.4) is 0 Å². The molecule has 0 bridgehead atoms. The molecule has 0 spiro atoms. The molecule has 0 aliphatic heterocycles. The largest absolute Gasteiger partial charge is 0.419 e. The van der Waals surface area contributed by atoms with Crippen LogP contribution in [-0.4, -0.2) is 13.0 Å². The highest BCUT2D eigenvalue weighted by Gasteiger charge is 2.19. The molecular formula is C18H20N2O4S. The lowest BCUT2D eigenvalue weighted by Crippen LogP contribution is -2.15. The van der Waals surface area contributed by atoms with Crippen molar-refractivity contribution in [2.45, 2.75) is 31.6 Å². The first-order valence-corrected chi connectivity index (χ1v) is 9.58. The van der Waals surface area contributed by atoms with Gasteiger partial charge >= 0.3 is 5.76 Å². The summed E-state index contributed by atoms with van der Waals surface area (Å²) in [7, 11) is -2.22. The Balaban J connectivity index is 2.07. The van der Waals surface area contributed by atoms with Gasteiger partial charge in [-0.1, -0.05) is 32.0 Å². The van der Waals surface area contributed by atoms with Crippen LogP contribution in [0, 0.1) is 0 Å². The third kappa shape index (κ3) is 3.07. The van der Waals surface area contributed by atoms with E-state index in [1.807, 2.05) is 32.0 Å². The first-order valence-electron chi connectivity index (χ1n) is 8.10. The maximum Gasteiger partial charge on any atom is 0.419 e. The number of aromatic nitrogens is 1. The van der Waals surface area contributed by atoms with Crippen LogP contribution in [0.1, 0.15) is 25.0 Å². The van der Waals surface area contributed by atoms with Crippen LogP contribution in [-0.2, 0) is 29.9 Å². The summed E-state index contributed by atoms with van der Waals surface area (Å²) in [5.74, 6) is -0.526. The van der Waals surface area contributed by atoms with E-state index in [9.17, 15) is 13.2 Å². The summed E-state index contributed by atoms with van der Waals surface area (Å²) in [5, 5.41) is 0. The highest BCUT2D eigenvalue weighted by Crippen LogP contribution is 2.26. The molecular weight excluding hydrogens is 340 g/mol. The molecule has 6 nitrogen and oxygen atoms in total. The SMILES string of the molecule is CCc1cccc(CC)c1NS(=O)(=O)c1ccc2c(c1)oc(=O)n2C. The van der Waals surface area contributed by atoms with Gasteiger partial charge in [-0.3, -0.25) is 9.29 Å². The van der Waals surface area contributed by atoms with Crippen molar-refractivity contribution in [1.82, 2.24) is 4.57 Å². The topological polar surface area (TPSA) is 81.3 Å². The number of hydrogen-bond acceptors (Lipinski definition) is 4. The second-order valence-electron chi connectivity index (χ2n) is 5.82. The summed E-state index contributed by atoms with van der Waals surface area (Å²) >= 11 is 0. The molecule has 1 heterocycles. The number of rotatable bonds is 5. The summed E-state index contributed by atoms with van der Waals surface area (Å²) < 4.78 is 34.8. The number of benzene rings is 2. The average Bonchev–Trinajstić information content (AvgIpc) is 2.88. The summed E-state index contributed by atoms with van der Waals surface area (Å²) in [6.45, 7) is 3.97. The van der Waals surface area contributed by atoms with Crippen molar-refractivity contribution in [3.8, 4) is 0 Å². The molecule has 2 aromatic carbocycles. The number of sulfonamides is 1. The molecule has 0 amide bonds. The van der Waals surface area contributed by atoms with E-state index in [1.165, 1.54) is 16.7 Å². The van der Waals surface area contributed by atoms with E-state index in [4.69, 9.17) is 4.42 Å². The Hall–Kier alpha value is -2.54. The van der Waals surface area contributed by atoms with Crippen molar-refractivity contribution < 1.29 is 12.8 Å². The maximum atomic E-state index is 12.8. The van der Waals surface area contributed by atoms with Crippen molar-refractivity contribution in [2.75, 3.05) is 4.72 Å². The summed E-state index contributed by atoms with van der Waals surface area (Å²) in [4.78, 5) is 11.6. The molecule has 25 heavy (non-hydrogen) atoms. The van der Waals surface area contributed by atoms with Crippen LogP contribution >= 0.6 is 0 Å².